The first-order chi connectivity index (χ1) is 8.76. The number of carbonyl (C=O) groups is 1. The molecular weight excluding hydrogens is 250 g/mol. The van der Waals surface area contributed by atoms with Crippen LogP contribution in [0.25, 0.3) is 10.8 Å². The van der Waals surface area contributed by atoms with Gasteiger partial charge in [-0.25, -0.2) is 0 Å². The maximum Gasteiger partial charge on any atom is 0.235 e. The van der Waals surface area contributed by atoms with Crippen molar-refractivity contribution in [1.82, 2.24) is 5.32 Å². The predicted octanol–water partition coefficient (Wildman–Crippen LogP) is 2.70. The van der Waals surface area contributed by atoms with Gasteiger partial charge < -0.3 is 10.1 Å². The summed E-state index contributed by atoms with van der Waals surface area (Å²) < 4.78 is 5.32. The predicted molar refractivity (Wildman–Crippen MR) is 73.1 cm³/mol. The molecule has 1 amide bonds. The molecule has 2 aromatic carbocycles. The van der Waals surface area contributed by atoms with Crippen LogP contribution in [0.1, 0.15) is 5.56 Å². The molecule has 18 heavy (non-hydrogen) atoms. The third-order valence-corrected chi connectivity index (χ3v) is 3.03. The van der Waals surface area contributed by atoms with E-state index in [4.69, 9.17) is 16.3 Å². The van der Waals surface area contributed by atoms with Gasteiger partial charge in [0.15, 0.2) is 0 Å². The molecule has 0 aromatic heterocycles. The smallest absolute Gasteiger partial charge is 0.235 e. The summed E-state index contributed by atoms with van der Waals surface area (Å²) in [4.78, 5) is 11.2. The van der Waals surface area contributed by atoms with Crippen LogP contribution in [0.3, 0.4) is 0 Å². The molecule has 0 saturated carbocycles. The van der Waals surface area contributed by atoms with Gasteiger partial charge in [0, 0.05) is 11.9 Å². The second-order valence-electron chi connectivity index (χ2n) is 3.88. The highest BCUT2D eigenvalue weighted by Crippen LogP contribution is 2.28. The van der Waals surface area contributed by atoms with Crippen LogP contribution in [0, 0.1) is 0 Å². The van der Waals surface area contributed by atoms with Crippen molar-refractivity contribution >= 4 is 28.3 Å². The zero-order valence-corrected chi connectivity index (χ0v) is 10.8. The molecule has 0 aliphatic carbocycles. The molecule has 3 nitrogen and oxygen atoms in total. The van der Waals surface area contributed by atoms with Crippen LogP contribution >= 0.6 is 11.6 Å². The van der Waals surface area contributed by atoms with Gasteiger partial charge in [-0.05, 0) is 17.0 Å². The van der Waals surface area contributed by atoms with E-state index in [0.29, 0.717) is 6.54 Å². The van der Waals surface area contributed by atoms with Crippen LogP contribution in [-0.4, -0.2) is 18.9 Å². The molecular formula is C14H14ClNO2. The molecule has 2 rings (SSSR count). The topological polar surface area (TPSA) is 38.3 Å². The van der Waals surface area contributed by atoms with Gasteiger partial charge in [-0.1, -0.05) is 30.3 Å². The normalized spacial score (nSPS) is 10.3. The van der Waals surface area contributed by atoms with Crippen LogP contribution < -0.4 is 10.1 Å². The minimum atomic E-state index is -0.170. The van der Waals surface area contributed by atoms with Crippen molar-refractivity contribution in [2.45, 2.75) is 6.54 Å². The Kier molecular flexibility index (Phi) is 4.05. The number of methoxy groups -OCH3 is 1. The van der Waals surface area contributed by atoms with Crippen molar-refractivity contribution in [3.05, 3.63) is 42.0 Å². The Morgan fingerprint density at radius 2 is 1.94 bits per heavy atom. The zero-order valence-electron chi connectivity index (χ0n) is 10.1. The van der Waals surface area contributed by atoms with Crippen LogP contribution in [-0.2, 0) is 11.3 Å². The molecule has 0 unspecified atom stereocenters. The summed E-state index contributed by atoms with van der Waals surface area (Å²) in [6.45, 7) is 0.468. The molecule has 4 heteroatoms. The molecule has 0 saturated heterocycles. The number of amides is 1. The number of carbonyl (C=O) groups excluding carboxylic acids is 1. The lowest BCUT2D eigenvalue weighted by Crippen LogP contribution is -2.23. The minimum Gasteiger partial charge on any atom is -0.496 e. The van der Waals surface area contributed by atoms with Gasteiger partial charge in [0.1, 0.15) is 11.6 Å². The van der Waals surface area contributed by atoms with E-state index >= 15 is 0 Å². The van der Waals surface area contributed by atoms with Gasteiger partial charge in [-0.2, -0.15) is 0 Å². The molecule has 0 heterocycles. The molecule has 0 atom stereocenters. The molecule has 0 spiro atoms. The number of hydrogen-bond acceptors (Lipinski definition) is 2. The number of fused-ring (bicyclic) bond motifs is 1. The minimum absolute atomic E-state index is 0.0198. The summed E-state index contributed by atoms with van der Waals surface area (Å²) in [7, 11) is 1.65. The highest BCUT2D eigenvalue weighted by atomic mass is 35.5. The van der Waals surface area contributed by atoms with Gasteiger partial charge in [0.25, 0.3) is 0 Å². The van der Waals surface area contributed by atoms with E-state index in [2.05, 4.69) is 5.32 Å². The number of benzene rings is 2. The number of rotatable bonds is 4. The summed E-state index contributed by atoms with van der Waals surface area (Å²) in [5.74, 6) is 0.642. The first-order valence-electron chi connectivity index (χ1n) is 5.63. The first kappa shape index (κ1) is 12.7. The summed E-state index contributed by atoms with van der Waals surface area (Å²) in [5.41, 5.74) is 1.05. The summed E-state index contributed by atoms with van der Waals surface area (Å²) in [5, 5.41) is 4.88. The van der Waals surface area contributed by atoms with E-state index in [1.54, 1.807) is 7.11 Å². The number of ether oxygens (including phenoxy) is 1. The number of nitrogens with one attached hydrogen (secondary N) is 1. The quantitative estimate of drug-likeness (QED) is 0.862. The van der Waals surface area contributed by atoms with E-state index in [-0.39, 0.29) is 11.8 Å². The van der Waals surface area contributed by atoms with Crippen molar-refractivity contribution in [3.8, 4) is 5.75 Å². The molecule has 1 N–H and O–H groups in total. The van der Waals surface area contributed by atoms with Crippen LogP contribution in [0.4, 0.5) is 0 Å². The maximum absolute atomic E-state index is 11.2. The molecule has 0 fully saturated rings. The van der Waals surface area contributed by atoms with Crippen molar-refractivity contribution in [3.63, 3.8) is 0 Å². The van der Waals surface area contributed by atoms with Crippen molar-refractivity contribution in [2.75, 3.05) is 13.0 Å². The maximum atomic E-state index is 11.2. The van der Waals surface area contributed by atoms with Crippen molar-refractivity contribution in [1.29, 1.82) is 0 Å². The number of halogens is 1. The Bertz CT molecular complexity index is 569. The second-order valence-corrected chi connectivity index (χ2v) is 4.15. The largest absolute Gasteiger partial charge is 0.496 e. The summed E-state index contributed by atoms with van der Waals surface area (Å²) in [6, 6.07) is 11.8. The molecule has 0 bridgehead atoms. The van der Waals surface area contributed by atoms with E-state index in [0.717, 1.165) is 22.1 Å². The lowest BCUT2D eigenvalue weighted by molar-refractivity contribution is -0.118. The Hall–Kier alpha value is -1.74. The van der Waals surface area contributed by atoms with Crippen molar-refractivity contribution < 1.29 is 9.53 Å². The van der Waals surface area contributed by atoms with Crippen molar-refractivity contribution in [2.24, 2.45) is 0 Å². The van der Waals surface area contributed by atoms with Gasteiger partial charge in [0.05, 0.1) is 7.11 Å². The molecule has 94 valence electrons. The van der Waals surface area contributed by atoms with Gasteiger partial charge in [-0.15, -0.1) is 11.6 Å². The molecule has 0 radical (unpaired) electrons. The van der Waals surface area contributed by atoms with E-state index < -0.39 is 0 Å². The van der Waals surface area contributed by atoms with Gasteiger partial charge in [0.2, 0.25) is 5.91 Å². The standard InChI is InChI=1S/C14H14ClNO2/c1-18-13-7-6-10(9-16-14(17)8-15)11-4-2-3-5-12(11)13/h2-7H,8-9H2,1H3,(H,16,17). The summed E-state index contributed by atoms with van der Waals surface area (Å²) >= 11 is 5.45. The Morgan fingerprint density at radius 3 is 2.61 bits per heavy atom. The fraction of sp³-hybridized carbons (Fsp3) is 0.214. The lowest BCUT2D eigenvalue weighted by Gasteiger charge is -2.10. The van der Waals surface area contributed by atoms with Gasteiger partial charge in [-0.3, -0.25) is 4.79 Å². The molecule has 0 aliphatic heterocycles. The fourth-order valence-corrected chi connectivity index (χ4v) is 2.00. The van der Waals surface area contributed by atoms with Crippen LogP contribution in [0.5, 0.6) is 5.75 Å². The van der Waals surface area contributed by atoms with E-state index in [1.807, 2.05) is 36.4 Å². The Balaban J connectivity index is 2.37. The molecule has 0 aliphatic rings. The Morgan fingerprint density at radius 1 is 1.22 bits per heavy atom. The SMILES string of the molecule is COc1ccc(CNC(=O)CCl)c2ccccc12. The molecule has 2 aromatic rings. The average molecular weight is 264 g/mol. The second kappa shape index (κ2) is 5.74. The monoisotopic (exact) mass is 263 g/mol. The zero-order chi connectivity index (χ0) is 13.0. The highest BCUT2D eigenvalue weighted by Gasteiger charge is 2.06. The fourth-order valence-electron chi connectivity index (χ4n) is 1.91. The van der Waals surface area contributed by atoms with Crippen LogP contribution in [0.15, 0.2) is 36.4 Å². The van der Waals surface area contributed by atoms with E-state index in [1.165, 1.54) is 0 Å². The van der Waals surface area contributed by atoms with E-state index in [9.17, 15) is 4.79 Å². The third kappa shape index (κ3) is 2.57. The Labute approximate surface area is 111 Å². The third-order valence-electron chi connectivity index (χ3n) is 2.79. The van der Waals surface area contributed by atoms with Crippen LogP contribution in [0.2, 0.25) is 0 Å². The highest BCUT2D eigenvalue weighted by molar-refractivity contribution is 6.27. The summed E-state index contributed by atoms with van der Waals surface area (Å²) in [6.07, 6.45) is 0. The number of alkyl halides is 1. The first-order valence-corrected chi connectivity index (χ1v) is 6.17. The lowest BCUT2D eigenvalue weighted by atomic mass is 10.0. The van der Waals surface area contributed by atoms with Gasteiger partial charge >= 0.3 is 0 Å². The number of hydrogen-bond donors (Lipinski definition) is 1. The average Bonchev–Trinajstić information content (AvgIpc) is 2.44.